The molecule has 1 unspecified atom stereocenters. The molecule has 0 amide bonds. The molecule has 114 valence electrons. The lowest BCUT2D eigenvalue weighted by molar-refractivity contribution is -0.137. The molecule has 3 heterocycles. The summed E-state index contributed by atoms with van der Waals surface area (Å²) in [6, 6.07) is 3.38. The number of carboxylic acid groups (broad SMARTS) is 1. The molecule has 1 N–H and O–H groups in total. The Labute approximate surface area is 134 Å². The van der Waals surface area contributed by atoms with Crippen LogP contribution in [0.15, 0.2) is 17.1 Å². The van der Waals surface area contributed by atoms with Gasteiger partial charge in [-0.05, 0) is 6.07 Å². The Hall–Kier alpha value is -1.80. The highest BCUT2D eigenvalue weighted by molar-refractivity contribution is 8.15. The Kier molecular flexibility index (Phi) is 3.23. The average molecular weight is 335 g/mol. The van der Waals surface area contributed by atoms with Crippen LogP contribution in [0.1, 0.15) is 5.01 Å². The molecule has 8 heteroatoms. The van der Waals surface area contributed by atoms with E-state index >= 15 is 0 Å². The predicted molar refractivity (Wildman–Crippen MR) is 88.8 cm³/mol. The van der Waals surface area contributed by atoms with Gasteiger partial charge in [-0.2, -0.15) is 0 Å². The molecule has 6 nitrogen and oxygen atoms in total. The van der Waals surface area contributed by atoms with Gasteiger partial charge in [0.1, 0.15) is 22.4 Å². The van der Waals surface area contributed by atoms with Crippen molar-refractivity contribution in [2.45, 2.75) is 6.04 Å². The van der Waals surface area contributed by atoms with E-state index in [0.29, 0.717) is 12.4 Å². The summed E-state index contributed by atoms with van der Waals surface area (Å²) in [4.78, 5) is 22.0. The van der Waals surface area contributed by atoms with Gasteiger partial charge in [-0.15, -0.1) is 23.1 Å². The standard InChI is InChI=1S/C14H13N3O3S2/c1-17-2-3-20-10-4-7-11(5-9(10)17)22-13(15-7)12-16-8(6-21-12)14(18)19/h4-5,8H,2-3,6H2,1H3,(H,18,19). The number of thiazole rings is 1. The quantitative estimate of drug-likeness (QED) is 0.905. The molecule has 2 aliphatic heterocycles. The fraction of sp³-hybridized carbons (Fsp3) is 0.357. The highest BCUT2D eigenvalue weighted by Gasteiger charge is 2.27. The molecule has 2 aromatic rings. The third-order valence-electron chi connectivity index (χ3n) is 3.68. The second kappa shape index (κ2) is 5.13. The normalized spacial score (nSPS) is 20.7. The van der Waals surface area contributed by atoms with Gasteiger partial charge >= 0.3 is 5.97 Å². The molecule has 0 saturated carbocycles. The minimum Gasteiger partial charge on any atom is -0.489 e. The first-order valence-electron chi connectivity index (χ1n) is 6.84. The number of rotatable bonds is 2. The zero-order valence-electron chi connectivity index (χ0n) is 11.8. The lowest BCUT2D eigenvalue weighted by Crippen LogP contribution is -2.28. The van der Waals surface area contributed by atoms with Crippen molar-refractivity contribution in [3.8, 4) is 5.75 Å². The topological polar surface area (TPSA) is 75.0 Å². The molecule has 0 fully saturated rings. The van der Waals surface area contributed by atoms with Crippen molar-refractivity contribution in [2.24, 2.45) is 4.99 Å². The number of aliphatic carboxylic acids is 1. The fourth-order valence-electron chi connectivity index (χ4n) is 2.48. The Morgan fingerprint density at radius 3 is 3.14 bits per heavy atom. The molecule has 0 saturated heterocycles. The van der Waals surface area contributed by atoms with Crippen LogP contribution in [-0.2, 0) is 4.79 Å². The molecule has 0 radical (unpaired) electrons. The van der Waals surface area contributed by atoms with Gasteiger partial charge in [-0.25, -0.2) is 9.78 Å². The molecular formula is C14H13N3O3S2. The van der Waals surface area contributed by atoms with E-state index in [2.05, 4.69) is 20.9 Å². The van der Waals surface area contributed by atoms with Crippen LogP contribution in [0.2, 0.25) is 0 Å². The van der Waals surface area contributed by atoms with E-state index in [0.717, 1.165) is 38.2 Å². The molecule has 1 atom stereocenters. The Bertz CT molecular complexity index is 802. The molecule has 0 aliphatic carbocycles. The second-order valence-corrected chi connectivity index (χ2v) is 7.22. The van der Waals surface area contributed by atoms with Gasteiger partial charge in [0, 0.05) is 18.9 Å². The molecule has 0 spiro atoms. The van der Waals surface area contributed by atoms with Crippen molar-refractivity contribution in [1.82, 2.24) is 4.98 Å². The summed E-state index contributed by atoms with van der Waals surface area (Å²) < 4.78 is 6.76. The summed E-state index contributed by atoms with van der Waals surface area (Å²) in [6.45, 7) is 1.54. The van der Waals surface area contributed by atoms with Gasteiger partial charge in [-0.1, -0.05) is 0 Å². The summed E-state index contributed by atoms with van der Waals surface area (Å²) in [6.07, 6.45) is 0. The minimum absolute atomic E-state index is 0.475. The van der Waals surface area contributed by atoms with Crippen molar-refractivity contribution in [1.29, 1.82) is 0 Å². The summed E-state index contributed by atoms with van der Waals surface area (Å²) in [5.41, 5.74) is 1.94. The zero-order chi connectivity index (χ0) is 15.3. The number of fused-ring (bicyclic) bond motifs is 2. The van der Waals surface area contributed by atoms with Crippen LogP contribution < -0.4 is 9.64 Å². The fourth-order valence-corrected chi connectivity index (χ4v) is 4.56. The van der Waals surface area contributed by atoms with E-state index in [1.165, 1.54) is 11.8 Å². The highest BCUT2D eigenvalue weighted by Crippen LogP contribution is 2.38. The number of carbonyl (C=O) groups is 1. The van der Waals surface area contributed by atoms with E-state index in [1.807, 2.05) is 13.1 Å². The molecular weight excluding hydrogens is 322 g/mol. The van der Waals surface area contributed by atoms with Gasteiger partial charge in [0.25, 0.3) is 0 Å². The first-order chi connectivity index (χ1) is 10.6. The molecule has 0 bridgehead atoms. The number of hydrogen-bond acceptors (Lipinski definition) is 7. The van der Waals surface area contributed by atoms with Crippen molar-refractivity contribution in [3.63, 3.8) is 0 Å². The minimum atomic E-state index is -0.880. The van der Waals surface area contributed by atoms with Gasteiger partial charge < -0.3 is 14.7 Å². The Balaban J connectivity index is 1.75. The van der Waals surface area contributed by atoms with Crippen molar-refractivity contribution in [2.75, 3.05) is 30.9 Å². The predicted octanol–water partition coefficient (Wildman–Crippen LogP) is 2.07. The monoisotopic (exact) mass is 335 g/mol. The highest BCUT2D eigenvalue weighted by atomic mass is 32.2. The van der Waals surface area contributed by atoms with Crippen molar-refractivity contribution in [3.05, 3.63) is 17.1 Å². The Morgan fingerprint density at radius 1 is 1.50 bits per heavy atom. The SMILES string of the molecule is CN1CCOc2cc3nc(C4=NC(C(=O)O)CS4)sc3cc21. The third-order valence-corrected chi connectivity index (χ3v) is 5.89. The van der Waals surface area contributed by atoms with Crippen LogP contribution >= 0.6 is 23.1 Å². The molecule has 1 aromatic carbocycles. The number of thioether (sulfide) groups is 1. The second-order valence-electron chi connectivity index (χ2n) is 5.18. The number of ether oxygens (including phenoxy) is 1. The van der Waals surface area contributed by atoms with Gasteiger partial charge in [-0.3, -0.25) is 4.99 Å². The largest absolute Gasteiger partial charge is 0.489 e. The number of benzene rings is 1. The lowest BCUT2D eigenvalue weighted by Gasteiger charge is -2.27. The van der Waals surface area contributed by atoms with E-state index < -0.39 is 12.0 Å². The van der Waals surface area contributed by atoms with Crippen LogP contribution in [0.5, 0.6) is 5.75 Å². The van der Waals surface area contributed by atoms with Crippen LogP contribution in [0.3, 0.4) is 0 Å². The van der Waals surface area contributed by atoms with Crippen LogP contribution in [-0.4, -0.2) is 53.1 Å². The number of anilines is 1. The van der Waals surface area contributed by atoms with E-state index in [4.69, 9.17) is 9.84 Å². The van der Waals surface area contributed by atoms with E-state index in [1.54, 1.807) is 11.3 Å². The van der Waals surface area contributed by atoms with E-state index in [9.17, 15) is 4.79 Å². The van der Waals surface area contributed by atoms with Gasteiger partial charge in [0.05, 0.1) is 22.4 Å². The van der Waals surface area contributed by atoms with Gasteiger partial charge in [0.15, 0.2) is 6.04 Å². The first kappa shape index (κ1) is 13.8. The first-order valence-corrected chi connectivity index (χ1v) is 8.64. The zero-order valence-corrected chi connectivity index (χ0v) is 13.4. The Morgan fingerprint density at radius 2 is 2.36 bits per heavy atom. The molecule has 1 aromatic heterocycles. The summed E-state index contributed by atoms with van der Waals surface area (Å²) in [5, 5.41) is 10.5. The summed E-state index contributed by atoms with van der Waals surface area (Å²) in [5.74, 6) is 0.444. The third kappa shape index (κ3) is 2.22. The van der Waals surface area contributed by atoms with Crippen LogP contribution in [0.4, 0.5) is 5.69 Å². The van der Waals surface area contributed by atoms with Crippen LogP contribution in [0.25, 0.3) is 10.2 Å². The number of aliphatic imine (C=N–C) groups is 1. The average Bonchev–Trinajstić information content (AvgIpc) is 3.12. The van der Waals surface area contributed by atoms with E-state index in [-0.39, 0.29) is 0 Å². The molecule has 4 rings (SSSR count). The van der Waals surface area contributed by atoms with Crippen molar-refractivity contribution >= 4 is 50.0 Å². The van der Waals surface area contributed by atoms with Crippen LogP contribution in [0, 0.1) is 0 Å². The van der Waals surface area contributed by atoms with Crippen molar-refractivity contribution < 1.29 is 14.6 Å². The van der Waals surface area contributed by atoms with Gasteiger partial charge in [0.2, 0.25) is 0 Å². The molecule has 2 aliphatic rings. The number of hydrogen-bond donors (Lipinski definition) is 1. The smallest absolute Gasteiger partial charge is 0.329 e. The number of nitrogens with zero attached hydrogens (tertiary/aromatic N) is 3. The molecule has 22 heavy (non-hydrogen) atoms. The number of carboxylic acids is 1. The maximum Gasteiger partial charge on any atom is 0.329 e. The maximum atomic E-state index is 11.0. The number of aromatic nitrogens is 1. The maximum absolute atomic E-state index is 11.0. The summed E-state index contributed by atoms with van der Waals surface area (Å²) in [7, 11) is 2.05. The number of likely N-dealkylation sites (N-methyl/N-ethyl adjacent to an activating group) is 1. The summed E-state index contributed by atoms with van der Waals surface area (Å²) >= 11 is 3.00. The lowest BCUT2D eigenvalue weighted by atomic mass is 10.2.